The van der Waals surface area contributed by atoms with Gasteiger partial charge < -0.3 is 4.90 Å². The van der Waals surface area contributed by atoms with E-state index >= 15 is 0 Å². The Morgan fingerprint density at radius 3 is 1.58 bits per heavy atom. The molecule has 0 saturated carbocycles. The highest BCUT2D eigenvalue weighted by molar-refractivity contribution is 6.12. The molecule has 0 fully saturated rings. The van der Waals surface area contributed by atoms with Gasteiger partial charge in [0.2, 0.25) is 0 Å². The monoisotopic (exact) mass is 749 g/mol. The van der Waals surface area contributed by atoms with Crippen molar-refractivity contribution < 1.29 is 0 Å². The molecule has 0 saturated heterocycles. The maximum absolute atomic E-state index is 2.44. The molecule has 0 heterocycles. The highest BCUT2D eigenvalue weighted by Crippen LogP contribution is 2.46. The van der Waals surface area contributed by atoms with Crippen LogP contribution in [-0.4, -0.2) is 0 Å². The van der Waals surface area contributed by atoms with Crippen LogP contribution >= 0.6 is 0 Å². The van der Waals surface area contributed by atoms with Crippen molar-refractivity contribution in [1.29, 1.82) is 0 Å². The van der Waals surface area contributed by atoms with Crippen LogP contribution in [0.2, 0.25) is 0 Å². The van der Waals surface area contributed by atoms with Gasteiger partial charge in [-0.25, -0.2) is 0 Å². The van der Waals surface area contributed by atoms with E-state index in [4.69, 9.17) is 0 Å². The van der Waals surface area contributed by atoms with Gasteiger partial charge in [-0.1, -0.05) is 206 Å². The van der Waals surface area contributed by atoms with E-state index in [0.717, 1.165) is 17.1 Å². The molecule has 0 aliphatic carbocycles. The molecule has 0 atom stereocenters. The molecular formula is C58H39N. The molecule has 0 N–H and O–H groups in total. The molecular weight excluding hydrogens is 711 g/mol. The minimum atomic E-state index is 1.09. The standard InChI is InChI=1S/C58H39N/c1-2-15-41(16-3-1)52-29-12-20-44-21-13-31-56(58(44)52)55-26-8-9-32-57(55)59(47-23-10-22-45(39-47)51-27-11-19-40-17-4-6-24-48(40)51)46-36-33-43(34-37-46)50-28-14-30-53-49-25-7-5-18-42(49)35-38-54(50)53/h1-39H. The van der Waals surface area contributed by atoms with Crippen LogP contribution in [0.1, 0.15) is 0 Å². The third kappa shape index (κ3) is 6.12. The van der Waals surface area contributed by atoms with Crippen molar-refractivity contribution in [2.75, 3.05) is 4.90 Å². The first kappa shape index (κ1) is 34.5. The van der Waals surface area contributed by atoms with Crippen LogP contribution in [0.3, 0.4) is 0 Å². The van der Waals surface area contributed by atoms with E-state index < -0.39 is 0 Å². The summed E-state index contributed by atoms with van der Waals surface area (Å²) in [6.07, 6.45) is 0. The molecule has 1 nitrogen and oxygen atoms in total. The molecule has 59 heavy (non-hydrogen) atoms. The summed E-state index contributed by atoms with van der Waals surface area (Å²) in [5.41, 5.74) is 12.9. The Bertz CT molecular complexity index is 3310. The van der Waals surface area contributed by atoms with Crippen molar-refractivity contribution in [3.05, 3.63) is 237 Å². The number of fused-ring (bicyclic) bond motifs is 5. The first-order valence-electron chi connectivity index (χ1n) is 20.3. The molecule has 1 heteroatoms. The fourth-order valence-corrected chi connectivity index (χ4v) is 9.12. The lowest BCUT2D eigenvalue weighted by Gasteiger charge is -2.29. The predicted octanol–water partition coefficient (Wildman–Crippen LogP) is 16.4. The van der Waals surface area contributed by atoms with Gasteiger partial charge in [-0.15, -0.1) is 0 Å². The summed E-state index contributed by atoms with van der Waals surface area (Å²) in [5.74, 6) is 0. The second kappa shape index (κ2) is 14.6. The Balaban J connectivity index is 1.11. The minimum Gasteiger partial charge on any atom is -0.310 e. The van der Waals surface area contributed by atoms with Crippen LogP contribution in [0.4, 0.5) is 17.1 Å². The smallest absolute Gasteiger partial charge is 0.0540 e. The molecule has 11 rings (SSSR count). The largest absolute Gasteiger partial charge is 0.310 e. The van der Waals surface area contributed by atoms with Crippen LogP contribution in [-0.2, 0) is 0 Å². The Morgan fingerprint density at radius 1 is 0.237 bits per heavy atom. The van der Waals surface area contributed by atoms with Gasteiger partial charge in [0.25, 0.3) is 0 Å². The van der Waals surface area contributed by atoms with Crippen LogP contribution in [0.5, 0.6) is 0 Å². The second-order valence-electron chi connectivity index (χ2n) is 15.2. The van der Waals surface area contributed by atoms with Gasteiger partial charge >= 0.3 is 0 Å². The zero-order valence-electron chi connectivity index (χ0n) is 32.5. The van der Waals surface area contributed by atoms with Crippen molar-refractivity contribution >= 4 is 60.2 Å². The SMILES string of the molecule is c1ccc(-c2cccc3cccc(-c4ccccc4N(c4ccc(-c5cccc6c5ccc5ccccc56)cc4)c4cccc(-c5cccc6ccccc56)c4)c23)cc1. The van der Waals surface area contributed by atoms with E-state index in [1.54, 1.807) is 0 Å². The predicted molar refractivity (Wildman–Crippen MR) is 253 cm³/mol. The van der Waals surface area contributed by atoms with Crippen molar-refractivity contribution in [3.63, 3.8) is 0 Å². The number of para-hydroxylation sites is 1. The zero-order chi connectivity index (χ0) is 39.1. The van der Waals surface area contributed by atoms with E-state index in [-0.39, 0.29) is 0 Å². The Morgan fingerprint density at radius 2 is 0.763 bits per heavy atom. The molecule has 0 amide bonds. The lowest BCUT2D eigenvalue weighted by atomic mass is 9.90. The van der Waals surface area contributed by atoms with E-state index in [0.29, 0.717) is 0 Å². The molecule has 0 aliphatic rings. The van der Waals surface area contributed by atoms with E-state index in [2.05, 4.69) is 241 Å². The Hall–Kier alpha value is -7.74. The number of anilines is 3. The van der Waals surface area contributed by atoms with Gasteiger partial charge in [0, 0.05) is 16.9 Å². The normalized spacial score (nSPS) is 11.4. The van der Waals surface area contributed by atoms with Crippen LogP contribution in [0.15, 0.2) is 237 Å². The topological polar surface area (TPSA) is 3.24 Å². The third-order valence-electron chi connectivity index (χ3n) is 11.9. The summed E-state index contributed by atoms with van der Waals surface area (Å²) in [6.45, 7) is 0. The van der Waals surface area contributed by atoms with Gasteiger partial charge in [0.1, 0.15) is 0 Å². The molecule has 11 aromatic carbocycles. The van der Waals surface area contributed by atoms with Gasteiger partial charge in [-0.2, -0.15) is 0 Å². The average molecular weight is 750 g/mol. The van der Waals surface area contributed by atoms with Crippen molar-refractivity contribution in [2.45, 2.75) is 0 Å². The van der Waals surface area contributed by atoms with Crippen LogP contribution in [0.25, 0.3) is 87.6 Å². The fourth-order valence-electron chi connectivity index (χ4n) is 9.12. The van der Waals surface area contributed by atoms with E-state index in [1.807, 2.05) is 0 Å². The molecule has 276 valence electrons. The summed E-state index contributed by atoms with van der Waals surface area (Å²) in [4.78, 5) is 2.44. The maximum atomic E-state index is 2.44. The van der Waals surface area contributed by atoms with E-state index in [1.165, 1.54) is 87.6 Å². The van der Waals surface area contributed by atoms with Gasteiger partial charge in [-0.05, 0) is 112 Å². The lowest BCUT2D eigenvalue weighted by Crippen LogP contribution is -2.11. The number of rotatable bonds is 7. The molecule has 0 radical (unpaired) electrons. The number of hydrogen-bond donors (Lipinski definition) is 0. The first-order chi connectivity index (χ1) is 29.3. The van der Waals surface area contributed by atoms with Crippen LogP contribution in [0, 0.1) is 0 Å². The summed E-state index contributed by atoms with van der Waals surface area (Å²) >= 11 is 0. The Labute approximate surface area is 344 Å². The van der Waals surface area contributed by atoms with Gasteiger partial charge in [0.05, 0.1) is 5.69 Å². The molecule has 0 unspecified atom stereocenters. The van der Waals surface area contributed by atoms with Gasteiger partial charge in [0.15, 0.2) is 0 Å². The summed E-state index contributed by atoms with van der Waals surface area (Å²) in [7, 11) is 0. The Kier molecular flexibility index (Phi) is 8.56. The fraction of sp³-hybridized carbons (Fsp3) is 0. The number of hydrogen-bond acceptors (Lipinski definition) is 1. The zero-order valence-corrected chi connectivity index (χ0v) is 32.5. The molecule has 0 aromatic heterocycles. The average Bonchev–Trinajstić information content (AvgIpc) is 3.31. The third-order valence-corrected chi connectivity index (χ3v) is 11.9. The minimum absolute atomic E-state index is 1.09. The van der Waals surface area contributed by atoms with Crippen molar-refractivity contribution in [2.24, 2.45) is 0 Å². The summed E-state index contributed by atoms with van der Waals surface area (Å²) in [6, 6.07) is 86.3. The lowest BCUT2D eigenvalue weighted by molar-refractivity contribution is 1.28. The first-order valence-corrected chi connectivity index (χ1v) is 20.3. The van der Waals surface area contributed by atoms with Crippen molar-refractivity contribution in [1.82, 2.24) is 0 Å². The second-order valence-corrected chi connectivity index (χ2v) is 15.2. The van der Waals surface area contributed by atoms with E-state index in [9.17, 15) is 0 Å². The molecule has 11 aromatic rings. The highest BCUT2D eigenvalue weighted by atomic mass is 15.1. The van der Waals surface area contributed by atoms with Crippen LogP contribution < -0.4 is 4.90 Å². The highest BCUT2D eigenvalue weighted by Gasteiger charge is 2.21. The number of benzene rings is 11. The van der Waals surface area contributed by atoms with Crippen molar-refractivity contribution in [3.8, 4) is 44.5 Å². The quantitative estimate of drug-likeness (QED) is 0.147. The summed E-state index contributed by atoms with van der Waals surface area (Å²) in [5, 5.41) is 10.0. The molecule has 0 bridgehead atoms. The maximum Gasteiger partial charge on any atom is 0.0540 e. The molecule has 0 spiro atoms. The summed E-state index contributed by atoms with van der Waals surface area (Å²) < 4.78 is 0. The number of nitrogens with zero attached hydrogens (tertiary/aromatic N) is 1. The molecule has 0 aliphatic heterocycles. The van der Waals surface area contributed by atoms with Gasteiger partial charge in [-0.3, -0.25) is 0 Å².